The molecule has 0 bridgehead atoms. The van der Waals surface area contributed by atoms with Gasteiger partial charge in [0.1, 0.15) is 17.7 Å². The third-order valence-corrected chi connectivity index (χ3v) is 5.55. The number of primary amides is 1. The predicted molar refractivity (Wildman–Crippen MR) is 103 cm³/mol. The SMILES string of the molecule is NC(=O)c1cc(C2CC2)c(CN2CC(Oc3ccc(Cl)cc3Cl)C2)cc1F. The third kappa shape index (κ3) is 4.05. The largest absolute Gasteiger partial charge is 0.486 e. The zero-order valence-corrected chi connectivity index (χ0v) is 16.1. The number of hydrogen-bond donors (Lipinski definition) is 1. The van der Waals surface area contributed by atoms with Crippen molar-refractivity contribution in [3.63, 3.8) is 0 Å². The number of nitrogens with two attached hydrogens (primary N) is 1. The minimum atomic E-state index is -0.724. The van der Waals surface area contributed by atoms with Gasteiger partial charge in [-0.05, 0) is 60.2 Å². The number of rotatable bonds is 6. The van der Waals surface area contributed by atoms with Crippen molar-refractivity contribution >= 4 is 29.1 Å². The first-order valence-electron chi connectivity index (χ1n) is 8.87. The fourth-order valence-electron chi connectivity index (χ4n) is 3.45. The Morgan fingerprint density at radius 1 is 1.22 bits per heavy atom. The monoisotopic (exact) mass is 408 g/mol. The van der Waals surface area contributed by atoms with Gasteiger partial charge in [-0.1, -0.05) is 23.2 Å². The van der Waals surface area contributed by atoms with Crippen LogP contribution in [0.2, 0.25) is 10.0 Å². The maximum absolute atomic E-state index is 14.2. The van der Waals surface area contributed by atoms with E-state index >= 15 is 0 Å². The number of carbonyl (C=O) groups is 1. The number of likely N-dealkylation sites (tertiary alicyclic amines) is 1. The lowest BCUT2D eigenvalue weighted by Crippen LogP contribution is -2.53. The Kier molecular flexibility index (Phi) is 5.01. The fraction of sp³-hybridized carbons (Fsp3) is 0.350. The summed E-state index contributed by atoms with van der Waals surface area (Å²) in [6, 6.07) is 8.24. The van der Waals surface area contributed by atoms with E-state index in [9.17, 15) is 9.18 Å². The van der Waals surface area contributed by atoms with Crippen molar-refractivity contribution in [1.82, 2.24) is 4.90 Å². The molecule has 27 heavy (non-hydrogen) atoms. The van der Waals surface area contributed by atoms with E-state index in [0.717, 1.165) is 37.1 Å². The van der Waals surface area contributed by atoms with Crippen molar-refractivity contribution in [2.75, 3.05) is 13.1 Å². The molecular weight excluding hydrogens is 390 g/mol. The molecule has 2 aliphatic rings. The van der Waals surface area contributed by atoms with Crippen molar-refractivity contribution < 1.29 is 13.9 Å². The molecule has 1 aliphatic heterocycles. The summed E-state index contributed by atoms with van der Waals surface area (Å²) in [5.74, 6) is -0.262. The number of benzene rings is 2. The van der Waals surface area contributed by atoms with Crippen LogP contribution in [0.1, 0.15) is 40.2 Å². The highest BCUT2D eigenvalue weighted by Crippen LogP contribution is 2.43. The molecule has 1 saturated heterocycles. The van der Waals surface area contributed by atoms with Crippen molar-refractivity contribution in [1.29, 1.82) is 0 Å². The molecule has 0 unspecified atom stereocenters. The van der Waals surface area contributed by atoms with Crippen LogP contribution in [0.25, 0.3) is 0 Å². The average molecular weight is 409 g/mol. The molecule has 1 aliphatic carbocycles. The molecule has 2 aromatic carbocycles. The molecule has 1 saturated carbocycles. The molecule has 0 atom stereocenters. The first kappa shape index (κ1) is 18.5. The molecular formula is C20H19Cl2FN2O2. The molecule has 0 aromatic heterocycles. The average Bonchev–Trinajstić information content (AvgIpc) is 3.39. The summed E-state index contributed by atoms with van der Waals surface area (Å²) in [5.41, 5.74) is 7.21. The van der Waals surface area contributed by atoms with Gasteiger partial charge in [0.15, 0.2) is 0 Å². The Balaban J connectivity index is 1.41. The number of halogens is 3. The number of amides is 1. The second-order valence-electron chi connectivity index (χ2n) is 7.18. The molecule has 7 heteroatoms. The van der Waals surface area contributed by atoms with Crippen LogP contribution in [0.15, 0.2) is 30.3 Å². The lowest BCUT2D eigenvalue weighted by atomic mass is 9.97. The molecule has 2 aromatic rings. The van der Waals surface area contributed by atoms with Crippen LogP contribution in [-0.4, -0.2) is 30.0 Å². The van der Waals surface area contributed by atoms with E-state index in [1.54, 1.807) is 24.3 Å². The molecule has 4 rings (SSSR count). The summed E-state index contributed by atoms with van der Waals surface area (Å²) in [6.07, 6.45) is 2.16. The van der Waals surface area contributed by atoms with Crippen molar-refractivity contribution in [2.24, 2.45) is 5.73 Å². The lowest BCUT2D eigenvalue weighted by Gasteiger charge is -2.39. The van der Waals surface area contributed by atoms with E-state index in [1.165, 1.54) is 6.07 Å². The first-order valence-corrected chi connectivity index (χ1v) is 9.62. The summed E-state index contributed by atoms with van der Waals surface area (Å²) in [5, 5.41) is 1.05. The Labute approximate surface area is 167 Å². The van der Waals surface area contributed by atoms with Gasteiger partial charge in [0.2, 0.25) is 0 Å². The normalized spacial score (nSPS) is 17.6. The highest BCUT2D eigenvalue weighted by atomic mass is 35.5. The van der Waals surface area contributed by atoms with E-state index < -0.39 is 11.7 Å². The second kappa shape index (κ2) is 7.30. The number of hydrogen-bond acceptors (Lipinski definition) is 3. The molecule has 2 N–H and O–H groups in total. The summed E-state index contributed by atoms with van der Waals surface area (Å²) in [4.78, 5) is 13.6. The van der Waals surface area contributed by atoms with Gasteiger partial charge in [0, 0.05) is 24.7 Å². The van der Waals surface area contributed by atoms with Gasteiger partial charge in [-0.3, -0.25) is 9.69 Å². The van der Waals surface area contributed by atoms with Gasteiger partial charge in [0.05, 0.1) is 10.6 Å². The Morgan fingerprint density at radius 3 is 2.59 bits per heavy atom. The molecule has 4 nitrogen and oxygen atoms in total. The maximum atomic E-state index is 14.2. The summed E-state index contributed by atoms with van der Waals surface area (Å²) in [7, 11) is 0. The quantitative estimate of drug-likeness (QED) is 0.771. The van der Waals surface area contributed by atoms with Crippen LogP contribution in [-0.2, 0) is 6.54 Å². The minimum Gasteiger partial charge on any atom is -0.486 e. The lowest BCUT2D eigenvalue weighted by molar-refractivity contribution is 0.0144. The number of nitrogens with zero attached hydrogens (tertiary/aromatic N) is 1. The zero-order chi connectivity index (χ0) is 19.1. The van der Waals surface area contributed by atoms with E-state index in [-0.39, 0.29) is 11.7 Å². The number of ether oxygens (including phenoxy) is 1. The van der Waals surface area contributed by atoms with Crippen molar-refractivity contribution in [3.8, 4) is 5.75 Å². The summed E-state index contributed by atoms with van der Waals surface area (Å²) < 4.78 is 20.1. The van der Waals surface area contributed by atoms with Crippen LogP contribution >= 0.6 is 23.2 Å². The number of carbonyl (C=O) groups excluding carboxylic acids is 1. The second-order valence-corrected chi connectivity index (χ2v) is 8.02. The summed E-state index contributed by atoms with van der Waals surface area (Å²) >= 11 is 12.0. The third-order valence-electron chi connectivity index (χ3n) is 5.02. The maximum Gasteiger partial charge on any atom is 0.251 e. The van der Waals surface area contributed by atoms with Gasteiger partial charge in [-0.15, -0.1) is 0 Å². The van der Waals surface area contributed by atoms with Crippen LogP contribution in [0.3, 0.4) is 0 Å². The molecule has 1 amide bonds. The van der Waals surface area contributed by atoms with Crippen molar-refractivity contribution in [2.45, 2.75) is 31.4 Å². The Bertz CT molecular complexity index is 896. The highest BCUT2D eigenvalue weighted by molar-refractivity contribution is 6.35. The summed E-state index contributed by atoms with van der Waals surface area (Å²) in [6.45, 7) is 2.07. The topological polar surface area (TPSA) is 55.6 Å². The standard InChI is InChI=1S/C20H19Cl2FN2O2/c21-13-3-4-19(17(22)6-13)27-14-9-25(10-14)8-12-5-18(23)16(20(24)26)7-15(12)11-1-2-11/h3-7,11,14H,1-2,8-10H2,(H2,24,26). The molecule has 1 heterocycles. The zero-order valence-electron chi connectivity index (χ0n) is 14.6. The van der Waals surface area contributed by atoms with E-state index in [2.05, 4.69) is 4.90 Å². The van der Waals surface area contributed by atoms with E-state index in [0.29, 0.717) is 28.3 Å². The molecule has 142 valence electrons. The highest BCUT2D eigenvalue weighted by Gasteiger charge is 2.32. The van der Waals surface area contributed by atoms with Gasteiger partial charge in [-0.25, -0.2) is 4.39 Å². The van der Waals surface area contributed by atoms with Gasteiger partial charge in [-0.2, -0.15) is 0 Å². The predicted octanol–water partition coefficient (Wildman–Crippen LogP) is 4.37. The van der Waals surface area contributed by atoms with Gasteiger partial charge < -0.3 is 10.5 Å². The van der Waals surface area contributed by atoms with Crippen LogP contribution in [0.5, 0.6) is 5.75 Å². The van der Waals surface area contributed by atoms with Gasteiger partial charge >= 0.3 is 0 Å². The fourth-order valence-corrected chi connectivity index (χ4v) is 3.90. The van der Waals surface area contributed by atoms with Crippen molar-refractivity contribution in [3.05, 3.63) is 62.9 Å². The van der Waals surface area contributed by atoms with Crippen LogP contribution in [0, 0.1) is 5.82 Å². The smallest absolute Gasteiger partial charge is 0.251 e. The van der Waals surface area contributed by atoms with Crippen LogP contribution < -0.4 is 10.5 Å². The molecule has 0 radical (unpaired) electrons. The molecule has 2 fully saturated rings. The van der Waals surface area contributed by atoms with Crippen LogP contribution in [0.4, 0.5) is 4.39 Å². The Morgan fingerprint density at radius 2 is 1.96 bits per heavy atom. The minimum absolute atomic E-state index is 0.0251. The van der Waals surface area contributed by atoms with E-state index in [4.69, 9.17) is 33.7 Å². The Hall–Kier alpha value is -1.82. The van der Waals surface area contributed by atoms with Gasteiger partial charge in [0.25, 0.3) is 5.91 Å². The first-order chi connectivity index (χ1) is 12.9. The van der Waals surface area contributed by atoms with E-state index in [1.807, 2.05) is 0 Å². The molecule has 0 spiro atoms.